The quantitative estimate of drug-likeness (QED) is 0.737. The van der Waals surface area contributed by atoms with Crippen LogP contribution in [0.2, 0.25) is 0 Å². The highest BCUT2D eigenvalue weighted by Gasteiger charge is 2.33. The summed E-state index contributed by atoms with van der Waals surface area (Å²) in [6, 6.07) is 11.4. The zero-order valence-corrected chi connectivity index (χ0v) is 14.8. The minimum atomic E-state index is -0.639. The summed E-state index contributed by atoms with van der Waals surface area (Å²) in [4.78, 5) is 24.9. The van der Waals surface area contributed by atoms with Gasteiger partial charge in [0.05, 0.1) is 5.41 Å². The molecule has 1 unspecified atom stereocenters. The van der Waals surface area contributed by atoms with Crippen molar-refractivity contribution in [2.45, 2.75) is 25.7 Å². The van der Waals surface area contributed by atoms with Gasteiger partial charge in [0.2, 0.25) is 11.9 Å². The van der Waals surface area contributed by atoms with Gasteiger partial charge in [0.25, 0.3) is 0 Å². The molecule has 0 saturated heterocycles. The number of rotatable bonds is 5. The van der Waals surface area contributed by atoms with Gasteiger partial charge < -0.3 is 11.1 Å². The Morgan fingerprint density at radius 3 is 2.23 bits per heavy atom. The number of nitrogen functional groups attached to an aromatic ring is 1. The van der Waals surface area contributed by atoms with Crippen LogP contribution in [0.1, 0.15) is 25.8 Å². The van der Waals surface area contributed by atoms with Crippen LogP contribution >= 0.6 is 0 Å². The zero-order valence-electron chi connectivity index (χ0n) is 14.8. The van der Waals surface area contributed by atoms with Gasteiger partial charge in [-0.3, -0.25) is 9.78 Å². The second kappa shape index (κ2) is 7.31. The normalized spacial score (nSPS) is 13.0. The number of anilines is 2. The van der Waals surface area contributed by atoms with Crippen molar-refractivity contribution in [3.8, 4) is 11.1 Å². The number of nitrogens with one attached hydrogen (secondary N) is 1. The van der Waals surface area contributed by atoms with Crippen LogP contribution in [0.25, 0.3) is 11.1 Å². The molecule has 3 rings (SSSR count). The predicted octanol–water partition coefficient (Wildman–Crippen LogP) is 3.43. The minimum absolute atomic E-state index is 0.0465. The average molecular weight is 347 g/mol. The van der Waals surface area contributed by atoms with Gasteiger partial charge in [0.15, 0.2) is 0 Å². The first kappa shape index (κ1) is 17.5. The monoisotopic (exact) mass is 347 g/mol. The minimum Gasteiger partial charge on any atom is -0.368 e. The lowest BCUT2D eigenvalue weighted by molar-refractivity contribution is -0.121. The highest BCUT2D eigenvalue weighted by molar-refractivity contribution is 5.98. The third-order valence-electron chi connectivity index (χ3n) is 4.67. The third-order valence-corrected chi connectivity index (χ3v) is 4.67. The van der Waals surface area contributed by atoms with Crippen molar-refractivity contribution < 1.29 is 4.79 Å². The second-order valence-electron chi connectivity index (χ2n) is 6.28. The molecule has 0 spiro atoms. The van der Waals surface area contributed by atoms with Crippen molar-refractivity contribution in [1.82, 2.24) is 15.0 Å². The van der Waals surface area contributed by atoms with Crippen LogP contribution in [0.15, 0.2) is 61.2 Å². The Bertz CT molecular complexity index is 878. The molecule has 2 aromatic heterocycles. The number of aromatic nitrogens is 3. The van der Waals surface area contributed by atoms with Gasteiger partial charge in [0.1, 0.15) is 0 Å². The van der Waals surface area contributed by atoms with Gasteiger partial charge in [-0.15, -0.1) is 0 Å². The molecule has 0 fully saturated rings. The SMILES string of the molecule is CCC(C)(C(=O)Nc1ccncc1)c1ccc(-c2cnc(N)nc2)cc1. The van der Waals surface area contributed by atoms with Gasteiger partial charge in [-0.1, -0.05) is 31.2 Å². The van der Waals surface area contributed by atoms with E-state index in [0.29, 0.717) is 6.42 Å². The number of amides is 1. The van der Waals surface area contributed by atoms with E-state index in [1.807, 2.05) is 38.1 Å². The number of hydrogen-bond acceptors (Lipinski definition) is 5. The molecule has 0 aliphatic carbocycles. The predicted molar refractivity (Wildman–Crippen MR) is 102 cm³/mol. The highest BCUT2D eigenvalue weighted by atomic mass is 16.2. The Balaban J connectivity index is 1.84. The topological polar surface area (TPSA) is 93.8 Å². The van der Waals surface area contributed by atoms with E-state index in [0.717, 1.165) is 22.4 Å². The zero-order chi connectivity index (χ0) is 18.6. The molecule has 6 heteroatoms. The fraction of sp³-hybridized carbons (Fsp3) is 0.200. The summed E-state index contributed by atoms with van der Waals surface area (Å²) in [6.07, 6.45) is 7.36. The number of benzene rings is 1. The van der Waals surface area contributed by atoms with Crippen LogP contribution in [-0.2, 0) is 10.2 Å². The molecule has 26 heavy (non-hydrogen) atoms. The standard InChI is InChI=1S/C20H21N5O/c1-3-20(2,18(26)25-17-8-10-22-11-9-17)16-6-4-14(5-7-16)15-12-23-19(21)24-13-15/h4-13H,3H2,1-2H3,(H2,21,23,24)(H,22,25,26). The molecule has 0 radical (unpaired) electrons. The molecule has 0 aliphatic heterocycles. The Morgan fingerprint density at radius 2 is 1.65 bits per heavy atom. The van der Waals surface area contributed by atoms with Gasteiger partial charge in [-0.25, -0.2) is 9.97 Å². The summed E-state index contributed by atoms with van der Waals surface area (Å²) in [7, 11) is 0. The summed E-state index contributed by atoms with van der Waals surface area (Å²) in [5, 5.41) is 2.97. The Hall–Kier alpha value is -3.28. The van der Waals surface area contributed by atoms with Gasteiger partial charge in [-0.05, 0) is 36.6 Å². The van der Waals surface area contributed by atoms with Gasteiger partial charge >= 0.3 is 0 Å². The summed E-state index contributed by atoms with van der Waals surface area (Å²) in [6.45, 7) is 3.96. The highest BCUT2D eigenvalue weighted by Crippen LogP contribution is 2.31. The summed E-state index contributed by atoms with van der Waals surface area (Å²) in [5.74, 6) is 0.200. The third kappa shape index (κ3) is 3.54. The van der Waals surface area contributed by atoms with Crippen molar-refractivity contribution in [3.63, 3.8) is 0 Å². The first-order valence-corrected chi connectivity index (χ1v) is 8.43. The number of nitrogens with zero attached hydrogens (tertiary/aromatic N) is 3. The molecule has 1 aromatic carbocycles. The smallest absolute Gasteiger partial charge is 0.234 e. The van der Waals surface area contributed by atoms with E-state index in [-0.39, 0.29) is 11.9 Å². The van der Waals surface area contributed by atoms with E-state index in [2.05, 4.69) is 20.3 Å². The molecule has 1 atom stereocenters. The van der Waals surface area contributed by atoms with Gasteiger partial charge in [-0.2, -0.15) is 0 Å². The number of carbonyl (C=O) groups is 1. The van der Waals surface area contributed by atoms with E-state index in [4.69, 9.17) is 5.73 Å². The van der Waals surface area contributed by atoms with Crippen LogP contribution < -0.4 is 11.1 Å². The van der Waals surface area contributed by atoms with Crippen molar-refractivity contribution >= 4 is 17.5 Å². The molecule has 6 nitrogen and oxygen atoms in total. The van der Waals surface area contributed by atoms with E-state index in [9.17, 15) is 4.79 Å². The maximum absolute atomic E-state index is 12.9. The summed E-state index contributed by atoms with van der Waals surface area (Å²) >= 11 is 0. The lowest BCUT2D eigenvalue weighted by Crippen LogP contribution is -2.37. The summed E-state index contributed by atoms with van der Waals surface area (Å²) < 4.78 is 0. The maximum Gasteiger partial charge on any atom is 0.234 e. The van der Waals surface area contributed by atoms with Gasteiger partial charge in [0, 0.05) is 36.0 Å². The molecule has 0 aliphatic rings. The van der Waals surface area contributed by atoms with Crippen molar-refractivity contribution in [2.24, 2.45) is 0 Å². The van der Waals surface area contributed by atoms with Crippen molar-refractivity contribution in [3.05, 3.63) is 66.7 Å². The molecular weight excluding hydrogens is 326 g/mol. The molecule has 2 heterocycles. The number of carbonyl (C=O) groups excluding carboxylic acids is 1. The van der Waals surface area contributed by atoms with Crippen molar-refractivity contribution in [1.29, 1.82) is 0 Å². The van der Waals surface area contributed by atoms with Crippen molar-refractivity contribution in [2.75, 3.05) is 11.1 Å². The molecule has 3 aromatic rings. The Labute approximate surface area is 152 Å². The van der Waals surface area contributed by atoms with E-state index >= 15 is 0 Å². The molecule has 132 valence electrons. The molecule has 0 bridgehead atoms. The Morgan fingerprint density at radius 1 is 1.04 bits per heavy atom. The number of hydrogen-bond donors (Lipinski definition) is 2. The summed E-state index contributed by atoms with van der Waals surface area (Å²) in [5.41, 5.74) is 8.43. The van der Waals surface area contributed by atoms with Crippen LogP contribution in [0.5, 0.6) is 0 Å². The lowest BCUT2D eigenvalue weighted by Gasteiger charge is -2.28. The fourth-order valence-corrected chi connectivity index (χ4v) is 2.72. The van der Waals surface area contributed by atoms with E-state index in [1.165, 1.54) is 0 Å². The lowest BCUT2D eigenvalue weighted by atomic mass is 9.78. The first-order chi connectivity index (χ1) is 12.5. The second-order valence-corrected chi connectivity index (χ2v) is 6.28. The fourth-order valence-electron chi connectivity index (χ4n) is 2.72. The number of nitrogens with two attached hydrogens (primary N) is 1. The van der Waals surface area contributed by atoms with E-state index in [1.54, 1.807) is 36.9 Å². The largest absolute Gasteiger partial charge is 0.368 e. The van der Waals surface area contributed by atoms with Crippen LogP contribution in [-0.4, -0.2) is 20.9 Å². The Kier molecular flexibility index (Phi) is 4.93. The average Bonchev–Trinajstić information content (AvgIpc) is 2.69. The van der Waals surface area contributed by atoms with Crippen LogP contribution in [0.4, 0.5) is 11.6 Å². The number of pyridine rings is 1. The van der Waals surface area contributed by atoms with Crippen LogP contribution in [0.3, 0.4) is 0 Å². The first-order valence-electron chi connectivity index (χ1n) is 8.43. The molecule has 0 saturated carbocycles. The maximum atomic E-state index is 12.9. The molecular formula is C20H21N5O. The van der Waals surface area contributed by atoms with E-state index < -0.39 is 5.41 Å². The van der Waals surface area contributed by atoms with Crippen LogP contribution in [0, 0.1) is 0 Å². The molecule has 1 amide bonds. The molecule has 3 N–H and O–H groups in total.